The van der Waals surface area contributed by atoms with E-state index in [2.05, 4.69) is 19.2 Å². The van der Waals surface area contributed by atoms with E-state index in [-0.39, 0.29) is 29.6 Å². The molecule has 1 N–H and O–H groups in total. The highest BCUT2D eigenvalue weighted by molar-refractivity contribution is 5.95. The van der Waals surface area contributed by atoms with Crippen molar-refractivity contribution >= 4 is 11.9 Å². The van der Waals surface area contributed by atoms with E-state index in [9.17, 15) is 9.59 Å². The van der Waals surface area contributed by atoms with Crippen LogP contribution in [0.3, 0.4) is 0 Å². The summed E-state index contributed by atoms with van der Waals surface area (Å²) < 4.78 is 20.6. The van der Waals surface area contributed by atoms with Crippen molar-refractivity contribution in [2.24, 2.45) is 5.92 Å². The summed E-state index contributed by atoms with van der Waals surface area (Å²) in [5, 5.41) is 2.70. The standard InChI is InChI=1S/C17H25NO6/c1-11(2)8-9-18-14(19)10-24-17(20)12-6-7-13(21-3)16(23-5)15(12)22-4/h6-7,11H,8-10H2,1-5H3,(H,18,19). The Balaban J connectivity index is 2.73. The smallest absolute Gasteiger partial charge is 0.342 e. The van der Waals surface area contributed by atoms with Crippen LogP contribution < -0.4 is 19.5 Å². The summed E-state index contributed by atoms with van der Waals surface area (Å²) in [6, 6.07) is 3.07. The van der Waals surface area contributed by atoms with Gasteiger partial charge in [-0.1, -0.05) is 13.8 Å². The molecule has 0 aliphatic carbocycles. The molecule has 1 aromatic carbocycles. The topological polar surface area (TPSA) is 83.1 Å². The summed E-state index contributed by atoms with van der Waals surface area (Å²) in [5.74, 6) is 0.384. The highest BCUT2D eigenvalue weighted by Crippen LogP contribution is 2.39. The lowest BCUT2D eigenvalue weighted by molar-refractivity contribution is -0.124. The number of rotatable bonds is 9. The molecule has 0 heterocycles. The van der Waals surface area contributed by atoms with Gasteiger partial charge in [-0.05, 0) is 24.5 Å². The molecule has 1 aromatic rings. The molecule has 1 rings (SSSR count). The quantitative estimate of drug-likeness (QED) is 0.693. The van der Waals surface area contributed by atoms with Gasteiger partial charge in [0.05, 0.1) is 21.3 Å². The Morgan fingerprint density at radius 1 is 1.04 bits per heavy atom. The zero-order chi connectivity index (χ0) is 18.1. The highest BCUT2D eigenvalue weighted by atomic mass is 16.5. The highest BCUT2D eigenvalue weighted by Gasteiger charge is 2.22. The number of carbonyl (C=O) groups excluding carboxylic acids is 2. The zero-order valence-corrected chi connectivity index (χ0v) is 14.8. The molecule has 0 bridgehead atoms. The predicted molar refractivity (Wildman–Crippen MR) is 88.8 cm³/mol. The second kappa shape index (κ2) is 9.64. The van der Waals surface area contributed by atoms with Crippen LogP contribution in [0.15, 0.2) is 12.1 Å². The van der Waals surface area contributed by atoms with E-state index < -0.39 is 5.97 Å². The van der Waals surface area contributed by atoms with Crippen molar-refractivity contribution < 1.29 is 28.5 Å². The first kappa shape index (κ1) is 19.6. The molecule has 0 unspecified atom stereocenters. The van der Waals surface area contributed by atoms with Crippen LogP contribution >= 0.6 is 0 Å². The lowest BCUT2D eigenvalue weighted by Gasteiger charge is -2.15. The Morgan fingerprint density at radius 3 is 2.25 bits per heavy atom. The number of benzene rings is 1. The van der Waals surface area contributed by atoms with Gasteiger partial charge in [0.2, 0.25) is 5.75 Å². The molecule has 0 radical (unpaired) electrons. The van der Waals surface area contributed by atoms with Gasteiger partial charge in [-0.3, -0.25) is 4.79 Å². The van der Waals surface area contributed by atoms with Crippen molar-refractivity contribution in [1.82, 2.24) is 5.32 Å². The summed E-state index contributed by atoms with van der Waals surface area (Å²) >= 11 is 0. The lowest BCUT2D eigenvalue weighted by atomic mass is 10.1. The second-order valence-electron chi connectivity index (χ2n) is 5.49. The molecule has 0 aliphatic rings. The number of amides is 1. The van der Waals surface area contributed by atoms with E-state index in [0.717, 1.165) is 6.42 Å². The SMILES string of the molecule is COc1ccc(C(=O)OCC(=O)NCCC(C)C)c(OC)c1OC. The van der Waals surface area contributed by atoms with E-state index in [1.165, 1.54) is 27.4 Å². The Labute approximate surface area is 142 Å². The maximum atomic E-state index is 12.2. The molecule has 7 nitrogen and oxygen atoms in total. The van der Waals surface area contributed by atoms with Crippen molar-refractivity contribution in [3.8, 4) is 17.2 Å². The van der Waals surface area contributed by atoms with Gasteiger partial charge in [-0.2, -0.15) is 0 Å². The monoisotopic (exact) mass is 339 g/mol. The van der Waals surface area contributed by atoms with E-state index in [0.29, 0.717) is 18.2 Å². The number of ether oxygens (including phenoxy) is 4. The molecule has 0 atom stereocenters. The average Bonchev–Trinajstić information content (AvgIpc) is 2.57. The first-order valence-electron chi connectivity index (χ1n) is 7.67. The Hall–Kier alpha value is -2.44. The van der Waals surface area contributed by atoms with Crippen LogP contribution in [-0.2, 0) is 9.53 Å². The van der Waals surface area contributed by atoms with Crippen LogP contribution in [-0.4, -0.2) is 46.4 Å². The maximum Gasteiger partial charge on any atom is 0.342 e. The van der Waals surface area contributed by atoms with Crippen LogP contribution in [0, 0.1) is 5.92 Å². The van der Waals surface area contributed by atoms with Gasteiger partial charge in [-0.15, -0.1) is 0 Å². The molecule has 0 saturated heterocycles. The molecule has 0 saturated carbocycles. The van der Waals surface area contributed by atoms with Gasteiger partial charge in [0, 0.05) is 6.54 Å². The van der Waals surface area contributed by atoms with E-state index in [4.69, 9.17) is 18.9 Å². The van der Waals surface area contributed by atoms with Gasteiger partial charge in [0.25, 0.3) is 5.91 Å². The number of esters is 1. The fourth-order valence-corrected chi connectivity index (χ4v) is 2.02. The molecule has 24 heavy (non-hydrogen) atoms. The minimum absolute atomic E-state index is 0.158. The first-order valence-corrected chi connectivity index (χ1v) is 7.67. The van der Waals surface area contributed by atoms with Gasteiger partial charge < -0.3 is 24.3 Å². The molecular weight excluding hydrogens is 314 g/mol. The third-order valence-electron chi connectivity index (χ3n) is 3.30. The third-order valence-corrected chi connectivity index (χ3v) is 3.30. The average molecular weight is 339 g/mol. The van der Waals surface area contributed by atoms with Crippen molar-refractivity contribution in [2.75, 3.05) is 34.5 Å². The number of carbonyl (C=O) groups is 2. The van der Waals surface area contributed by atoms with E-state index in [1.54, 1.807) is 6.07 Å². The van der Waals surface area contributed by atoms with Gasteiger partial charge >= 0.3 is 5.97 Å². The fourth-order valence-electron chi connectivity index (χ4n) is 2.02. The van der Waals surface area contributed by atoms with Crippen LogP contribution in [0.4, 0.5) is 0 Å². The van der Waals surface area contributed by atoms with Gasteiger partial charge in [0.1, 0.15) is 5.56 Å². The van der Waals surface area contributed by atoms with E-state index >= 15 is 0 Å². The summed E-state index contributed by atoms with van der Waals surface area (Å²) in [7, 11) is 4.33. The number of methoxy groups -OCH3 is 3. The number of hydrogen-bond donors (Lipinski definition) is 1. The fraction of sp³-hybridized carbons (Fsp3) is 0.529. The normalized spacial score (nSPS) is 10.2. The second-order valence-corrected chi connectivity index (χ2v) is 5.49. The molecule has 1 amide bonds. The number of nitrogens with one attached hydrogen (secondary N) is 1. The van der Waals surface area contributed by atoms with Crippen LogP contribution in [0.25, 0.3) is 0 Å². The molecular formula is C17H25NO6. The Morgan fingerprint density at radius 2 is 1.71 bits per heavy atom. The minimum atomic E-state index is -0.674. The maximum absolute atomic E-state index is 12.2. The summed E-state index contributed by atoms with van der Waals surface area (Å²) in [6.45, 7) is 4.33. The number of hydrogen-bond acceptors (Lipinski definition) is 6. The van der Waals surface area contributed by atoms with Gasteiger partial charge in [-0.25, -0.2) is 4.79 Å². The zero-order valence-electron chi connectivity index (χ0n) is 14.8. The van der Waals surface area contributed by atoms with Crippen LogP contribution in [0.5, 0.6) is 17.2 Å². The molecule has 0 aliphatic heterocycles. The van der Waals surface area contributed by atoms with Crippen molar-refractivity contribution in [3.05, 3.63) is 17.7 Å². The largest absolute Gasteiger partial charge is 0.493 e. The first-order chi connectivity index (χ1) is 11.4. The molecule has 0 aromatic heterocycles. The molecule has 7 heteroatoms. The van der Waals surface area contributed by atoms with Crippen LogP contribution in [0.2, 0.25) is 0 Å². The summed E-state index contributed by atoms with van der Waals surface area (Å²) in [6.07, 6.45) is 0.864. The van der Waals surface area contributed by atoms with Crippen molar-refractivity contribution in [1.29, 1.82) is 0 Å². The lowest BCUT2D eigenvalue weighted by Crippen LogP contribution is -2.30. The predicted octanol–water partition coefficient (Wildman–Crippen LogP) is 2.03. The Bertz CT molecular complexity index is 570. The molecule has 134 valence electrons. The van der Waals surface area contributed by atoms with E-state index in [1.807, 2.05) is 0 Å². The van der Waals surface area contributed by atoms with Crippen LogP contribution in [0.1, 0.15) is 30.6 Å². The minimum Gasteiger partial charge on any atom is -0.493 e. The Kier molecular flexibility index (Phi) is 7.88. The third kappa shape index (κ3) is 5.33. The molecule has 0 spiro atoms. The summed E-state index contributed by atoms with van der Waals surface area (Å²) in [5.41, 5.74) is 0.158. The molecule has 0 fully saturated rings. The van der Waals surface area contributed by atoms with Crippen molar-refractivity contribution in [2.45, 2.75) is 20.3 Å². The summed E-state index contributed by atoms with van der Waals surface area (Å²) in [4.78, 5) is 23.9. The van der Waals surface area contributed by atoms with Gasteiger partial charge in [0.15, 0.2) is 18.1 Å². The van der Waals surface area contributed by atoms with Crippen molar-refractivity contribution in [3.63, 3.8) is 0 Å².